The van der Waals surface area contributed by atoms with Crippen molar-refractivity contribution in [1.29, 1.82) is 0 Å². The van der Waals surface area contributed by atoms with Gasteiger partial charge >= 0.3 is 0 Å². The number of ether oxygens (including phenoxy) is 1. The van der Waals surface area contributed by atoms with Gasteiger partial charge in [0.15, 0.2) is 0 Å². The van der Waals surface area contributed by atoms with Crippen LogP contribution in [0.15, 0.2) is 42.6 Å². The molecule has 2 aliphatic rings. The standard InChI is InChI=1S/C28H32ClN7O3/c1-17(24-5-3-4-21(33-24)13-30-2)32-25(37)16-36-15-19-7-6-18(12-22(19)27(36)38)26-23(29)14-31-28(35-26)34-20-8-10-39-11-9-20/h3-7,12,14,17,20,30H,8-11,13,15-16H2,1-2H3,(H,32,37)(H,31,34,35). The second kappa shape index (κ2) is 12.1. The molecule has 0 saturated carbocycles. The zero-order valence-electron chi connectivity index (χ0n) is 22.0. The number of benzene rings is 1. The number of hydrogen-bond donors (Lipinski definition) is 3. The Morgan fingerprint density at radius 3 is 2.82 bits per heavy atom. The zero-order valence-corrected chi connectivity index (χ0v) is 22.8. The van der Waals surface area contributed by atoms with Crippen molar-refractivity contribution in [2.24, 2.45) is 0 Å². The minimum atomic E-state index is -0.287. The quantitative estimate of drug-likeness (QED) is 0.371. The first-order valence-electron chi connectivity index (χ1n) is 13.1. The van der Waals surface area contributed by atoms with Crippen molar-refractivity contribution in [3.05, 3.63) is 70.1 Å². The first kappa shape index (κ1) is 27.0. The fraction of sp³-hybridized carbons (Fsp3) is 0.393. The lowest BCUT2D eigenvalue weighted by Gasteiger charge is -2.23. The molecule has 3 N–H and O–H groups in total. The summed E-state index contributed by atoms with van der Waals surface area (Å²) in [5.74, 6) is 0.0495. The molecule has 204 valence electrons. The van der Waals surface area contributed by atoms with Gasteiger partial charge in [-0.25, -0.2) is 9.97 Å². The summed E-state index contributed by atoms with van der Waals surface area (Å²) in [6.45, 7) is 4.26. The van der Waals surface area contributed by atoms with Crippen molar-refractivity contribution in [1.82, 2.24) is 30.5 Å². The number of aromatic nitrogens is 3. The zero-order chi connectivity index (χ0) is 27.4. The minimum Gasteiger partial charge on any atom is -0.381 e. The molecule has 1 fully saturated rings. The molecule has 2 amide bonds. The molecule has 2 aromatic heterocycles. The number of nitrogens with zero attached hydrogens (tertiary/aromatic N) is 4. The molecule has 4 heterocycles. The van der Waals surface area contributed by atoms with Crippen molar-refractivity contribution in [2.75, 3.05) is 32.1 Å². The van der Waals surface area contributed by atoms with Gasteiger partial charge in [-0.05, 0) is 50.6 Å². The number of hydrogen-bond acceptors (Lipinski definition) is 8. The largest absolute Gasteiger partial charge is 0.381 e. The monoisotopic (exact) mass is 549 g/mol. The van der Waals surface area contributed by atoms with Crippen LogP contribution in [0.4, 0.5) is 5.95 Å². The van der Waals surface area contributed by atoms with Crippen LogP contribution in [0.3, 0.4) is 0 Å². The van der Waals surface area contributed by atoms with Gasteiger partial charge in [-0.15, -0.1) is 0 Å². The summed E-state index contributed by atoms with van der Waals surface area (Å²) in [5, 5.41) is 9.79. The molecule has 11 heteroatoms. The topological polar surface area (TPSA) is 121 Å². The summed E-state index contributed by atoms with van der Waals surface area (Å²) in [7, 11) is 1.86. The van der Waals surface area contributed by atoms with Crippen LogP contribution in [-0.2, 0) is 22.6 Å². The van der Waals surface area contributed by atoms with E-state index in [4.69, 9.17) is 16.3 Å². The maximum atomic E-state index is 13.2. The van der Waals surface area contributed by atoms with Gasteiger partial charge in [0, 0.05) is 43.5 Å². The number of halogens is 1. The van der Waals surface area contributed by atoms with Gasteiger partial charge in [-0.1, -0.05) is 29.8 Å². The highest BCUT2D eigenvalue weighted by molar-refractivity contribution is 6.33. The Balaban J connectivity index is 1.25. The van der Waals surface area contributed by atoms with Crippen LogP contribution < -0.4 is 16.0 Å². The number of rotatable bonds is 9. The molecule has 1 aromatic carbocycles. The molecule has 0 radical (unpaired) electrons. The molecule has 1 saturated heterocycles. The molecule has 0 aliphatic carbocycles. The van der Waals surface area contributed by atoms with Gasteiger partial charge in [0.1, 0.15) is 6.54 Å². The van der Waals surface area contributed by atoms with Crippen LogP contribution in [0, 0.1) is 0 Å². The number of nitrogens with one attached hydrogen (secondary N) is 3. The van der Waals surface area contributed by atoms with Crippen LogP contribution >= 0.6 is 11.6 Å². The number of pyridine rings is 1. The molecule has 5 rings (SSSR count). The second-order valence-corrected chi connectivity index (χ2v) is 10.2. The number of carbonyl (C=O) groups excluding carboxylic acids is 2. The minimum absolute atomic E-state index is 0.0448. The molecule has 3 aromatic rings. The third-order valence-corrected chi connectivity index (χ3v) is 7.18. The van der Waals surface area contributed by atoms with Gasteiger partial charge in [-0.3, -0.25) is 14.6 Å². The molecule has 1 unspecified atom stereocenters. The van der Waals surface area contributed by atoms with Gasteiger partial charge in [-0.2, -0.15) is 0 Å². The van der Waals surface area contributed by atoms with Crippen LogP contribution in [0.5, 0.6) is 0 Å². The number of carbonyl (C=O) groups is 2. The highest BCUT2D eigenvalue weighted by atomic mass is 35.5. The highest BCUT2D eigenvalue weighted by Gasteiger charge is 2.30. The van der Waals surface area contributed by atoms with Crippen molar-refractivity contribution in [3.63, 3.8) is 0 Å². The summed E-state index contributed by atoms with van der Waals surface area (Å²) in [6, 6.07) is 11.3. The Labute approximate surface area is 232 Å². The van der Waals surface area contributed by atoms with E-state index in [1.807, 2.05) is 44.3 Å². The smallest absolute Gasteiger partial charge is 0.254 e. The van der Waals surface area contributed by atoms with Gasteiger partial charge in [0.25, 0.3) is 5.91 Å². The van der Waals surface area contributed by atoms with Gasteiger partial charge in [0.2, 0.25) is 11.9 Å². The van der Waals surface area contributed by atoms with Crippen molar-refractivity contribution >= 4 is 29.4 Å². The predicted octanol–water partition coefficient (Wildman–Crippen LogP) is 3.34. The first-order chi connectivity index (χ1) is 18.9. The lowest BCUT2D eigenvalue weighted by Crippen LogP contribution is -2.38. The summed E-state index contributed by atoms with van der Waals surface area (Å²) < 4.78 is 5.42. The van der Waals surface area contributed by atoms with E-state index in [0.717, 1.165) is 35.4 Å². The average molecular weight is 550 g/mol. The van der Waals surface area contributed by atoms with Crippen LogP contribution in [0.1, 0.15) is 53.1 Å². The predicted molar refractivity (Wildman–Crippen MR) is 148 cm³/mol. The Morgan fingerprint density at radius 2 is 2.03 bits per heavy atom. The van der Waals surface area contributed by atoms with Gasteiger partial charge < -0.3 is 25.6 Å². The van der Waals surface area contributed by atoms with Crippen molar-refractivity contribution < 1.29 is 14.3 Å². The third kappa shape index (κ3) is 6.35. The normalized spacial score (nSPS) is 16.2. The van der Waals surface area contributed by atoms with Crippen LogP contribution in [-0.4, -0.2) is 64.5 Å². The number of fused-ring (bicyclic) bond motifs is 1. The Morgan fingerprint density at radius 1 is 1.21 bits per heavy atom. The van der Waals surface area contributed by atoms with Crippen LogP contribution in [0.25, 0.3) is 11.3 Å². The summed E-state index contributed by atoms with van der Waals surface area (Å²) in [6.07, 6.45) is 3.34. The Hall–Kier alpha value is -3.60. The highest BCUT2D eigenvalue weighted by Crippen LogP contribution is 2.31. The summed E-state index contributed by atoms with van der Waals surface area (Å²) in [4.78, 5) is 41.2. The molecular weight excluding hydrogens is 518 g/mol. The Bertz CT molecular complexity index is 1360. The fourth-order valence-corrected chi connectivity index (χ4v) is 5.05. The molecular formula is C28H32ClN7O3. The second-order valence-electron chi connectivity index (χ2n) is 9.83. The average Bonchev–Trinajstić information content (AvgIpc) is 3.24. The van der Waals surface area contributed by atoms with E-state index in [1.165, 1.54) is 0 Å². The maximum Gasteiger partial charge on any atom is 0.254 e. The third-order valence-electron chi connectivity index (χ3n) is 6.90. The number of amides is 2. The summed E-state index contributed by atoms with van der Waals surface area (Å²) >= 11 is 6.45. The van der Waals surface area contributed by atoms with E-state index >= 15 is 0 Å². The van der Waals surface area contributed by atoms with E-state index in [-0.39, 0.29) is 30.4 Å². The Kier molecular flexibility index (Phi) is 8.35. The SMILES string of the molecule is CNCc1cccc(C(C)NC(=O)CN2Cc3ccc(-c4nc(NC5CCOCC5)ncc4Cl)cc3C2=O)n1. The van der Waals surface area contributed by atoms with Gasteiger partial charge in [0.05, 0.1) is 34.3 Å². The molecule has 1 atom stereocenters. The van der Waals surface area contributed by atoms with E-state index in [9.17, 15) is 9.59 Å². The molecule has 39 heavy (non-hydrogen) atoms. The molecule has 0 bridgehead atoms. The fourth-order valence-electron chi connectivity index (χ4n) is 4.85. The molecule has 2 aliphatic heterocycles. The lowest BCUT2D eigenvalue weighted by atomic mass is 10.0. The number of anilines is 1. The van der Waals surface area contributed by atoms with E-state index < -0.39 is 0 Å². The lowest BCUT2D eigenvalue weighted by molar-refractivity contribution is -0.122. The molecule has 0 spiro atoms. The van der Waals surface area contributed by atoms with Crippen molar-refractivity contribution in [2.45, 2.75) is 44.9 Å². The maximum absolute atomic E-state index is 13.2. The van der Waals surface area contributed by atoms with Crippen LogP contribution in [0.2, 0.25) is 5.02 Å². The van der Waals surface area contributed by atoms with E-state index in [1.54, 1.807) is 17.2 Å². The van der Waals surface area contributed by atoms with Crippen molar-refractivity contribution in [3.8, 4) is 11.3 Å². The first-order valence-corrected chi connectivity index (χ1v) is 13.5. The van der Waals surface area contributed by atoms with E-state index in [2.05, 4.69) is 30.9 Å². The molecule has 10 nitrogen and oxygen atoms in total. The van der Waals surface area contributed by atoms with E-state index in [0.29, 0.717) is 48.5 Å². The summed E-state index contributed by atoms with van der Waals surface area (Å²) in [5.41, 5.74) is 4.34.